The molecule has 0 aliphatic carbocycles. The molecule has 0 aliphatic rings. The van der Waals surface area contributed by atoms with Gasteiger partial charge in [-0.25, -0.2) is 4.39 Å². The summed E-state index contributed by atoms with van der Waals surface area (Å²) in [5.41, 5.74) is 2.28. The zero-order valence-electron chi connectivity index (χ0n) is 13.4. The summed E-state index contributed by atoms with van der Waals surface area (Å²) in [5, 5.41) is 9.92. The van der Waals surface area contributed by atoms with Crippen LogP contribution in [0.4, 0.5) is 10.1 Å². The van der Waals surface area contributed by atoms with Gasteiger partial charge in [0.2, 0.25) is 0 Å². The van der Waals surface area contributed by atoms with Crippen molar-refractivity contribution in [3.63, 3.8) is 0 Å². The normalized spacial score (nSPS) is 12.8. The zero-order chi connectivity index (χ0) is 15.3. The Morgan fingerprint density at radius 1 is 1.20 bits per heavy atom. The van der Waals surface area contributed by atoms with Crippen molar-refractivity contribution >= 4 is 5.69 Å². The number of anilines is 1. The molecule has 0 bridgehead atoms. The molecule has 0 aromatic heterocycles. The van der Waals surface area contributed by atoms with Gasteiger partial charge in [0.15, 0.2) is 0 Å². The van der Waals surface area contributed by atoms with E-state index in [9.17, 15) is 9.50 Å². The lowest BCUT2D eigenvalue weighted by molar-refractivity contribution is 0.199. The molecule has 0 spiro atoms. The number of rotatable bonds is 7. The number of aliphatic hydroxyl groups excluding tert-OH is 1. The molecule has 1 atom stereocenters. The van der Waals surface area contributed by atoms with Crippen LogP contribution in [0.25, 0.3) is 0 Å². The average molecular weight is 281 g/mol. The van der Waals surface area contributed by atoms with E-state index >= 15 is 0 Å². The van der Waals surface area contributed by atoms with Gasteiger partial charge in [-0.15, -0.1) is 0 Å². The summed E-state index contributed by atoms with van der Waals surface area (Å²) in [6.45, 7) is 11.8. The number of halogens is 1. The van der Waals surface area contributed by atoms with Crippen molar-refractivity contribution in [2.24, 2.45) is 5.92 Å². The quantitative estimate of drug-likeness (QED) is 0.798. The highest BCUT2D eigenvalue weighted by atomic mass is 19.1. The molecule has 1 aromatic rings. The first kappa shape index (κ1) is 17.0. The van der Waals surface area contributed by atoms with Crippen LogP contribution >= 0.6 is 0 Å². The van der Waals surface area contributed by atoms with E-state index in [-0.39, 0.29) is 5.82 Å². The maximum atomic E-state index is 13.8. The van der Waals surface area contributed by atoms with E-state index in [1.165, 1.54) is 6.07 Å². The van der Waals surface area contributed by atoms with Crippen LogP contribution in [0.15, 0.2) is 12.1 Å². The molecule has 0 amide bonds. The van der Waals surface area contributed by atoms with Crippen molar-refractivity contribution in [3.8, 4) is 0 Å². The molecule has 1 N–H and O–H groups in total. The summed E-state index contributed by atoms with van der Waals surface area (Å²) < 4.78 is 13.8. The van der Waals surface area contributed by atoms with Gasteiger partial charge < -0.3 is 10.0 Å². The van der Waals surface area contributed by atoms with Gasteiger partial charge in [-0.2, -0.15) is 0 Å². The van der Waals surface area contributed by atoms with Crippen LogP contribution in [0.5, 0.6) is 0 Å². The summed E-state index contributed by atoms with van der Waals surface area (Å²) >= 11 is 0. The third-order valence-corrected chi connectivity index (χ3v) is 4.11. The molecule has 3 heteroatoms. The molecule has 0 radical (unpaired) electrons. The Morgan fingerprint density at radius 3 is 2.25 bits per heavy atom. The number of aliphatic hydroxyl groups is 1. The second-order valence-corrected chi connectivity index (χ2v) is 5.56. The summed E-state index contributed by atoms with van der Waals surface area (Å²) in [6.07, 6.45) is 1.62. The molecule has 0 aliphatic heterocycles. The van der Waals surface area contributed by atoms with Crippen molar-refractivity contribution < 1.29 is 9.50 Å². The highest BCUT2D eigenvalue weighted by Gasteiger charge is 2.18. The van der Waals surface area contributed by atoms with Crippen LogP contribution in [0.2, 0.25) is 0 Å². The smallest absolute Gasteiger partial charge is 0.126 e. The van der Waals surface area contributed by atoms with E-state index < -0.39 is 6.10 Å². The summed E-state index contributed by atoms with van der Waals surface area (Å²) in [4.78, 5) is 2.26. The molecular weight excluding hydrogens is 253 g/mol. The standard InChI is InChI=1S/C17H28FNO/c1-6-14(7-2)11-19(8-3)17-9-12(4)16(18)10-15(17)13(5)20/h9-10,13-14,20H,6-8,11H2,1-5H3/t13-/m1/s1. The van der Waals surface area contributed by atoms with Gasteiger partial charge in [-0.1, -0.05) is 26.7 Å². The summed E-state index contributed by atoms with van der Waals surface area (Å²) in [7, 11) is 0. The Balaban J connectivity index is 3.16. The van der Waals surface area contributed by atoms with E-state index in [0.29, 0.717) is 17.0 Å². The van der Waals surface area contributed by atoms with E-state index in [2.05, 4.69) is 25.7 Å². The van der Waals surface area contributed by atoms with Gasteiger partial charge in [0.25, 0.3) is 0 Å². The van der Waals surface area contributed by atoms with Crippen molar-refractivity contribution in [2.45, 2.75) is 53.6 Å². The predicted octanol–water partition coefficient (Wildman–Crippen LogP) is 4.45. The molecule has 0 unspecified atom stereocenters. The first-order valence-corrected chi connectivity index (χ1v) is 7.67. The highest BCUT2D eigenvalue weighted by molar-refractivity contribution is 5.56. The van der Waals surface area contributed by atoms with Gasteiger partial charge >= 0.3 is 0 Å². The molecule has 1 aromatic carbocycles. The van der Waals surface area contributed by atoms with Gasteiger partial charge in [0.05, 0.1) is 6.10 Å². The van der Waals surface area contributed by atoms with Crippen LogP contribution < -0.4 is 4.90 Å². The summed E-state index contributed by atoms with van der Waals surface area (Å²) in [6, 6.07) is 3.34. The molecule has 0 fully saturated rings. The Morgan fingerprint density at radius 2 is 1.80 bits per heavy atom. The molecule has 114 valence electrons. The Kier molecular flexibility index (Phi) is 6.47. The minimum atomic E-state index is -0.657. The second kappa shape index (κ2) is 7.63. The van der Waals surface area contributed by atoms with Crippen molar-refractivity contribution in [1.82, 2.24) is 0 Å². The number of benzene rings is 1. The largest absolute Gasteiger partial charge is 0.389 e. The minimum absolute atomic E-state index is 0.247. The van der Waals surface area contributed by atoms with Crippen LogP contribution in [0, 0.1) is 18.7 Å². The number of nitrogens with zero attached hydrogens (tertiary/aromatic N) is 1. The van der Waals surface area contributed by atoms with Crippen LogP contribution in [-0.4, -0.2) is 18.2 Å². The van der Waals surface area contributed by atoms with Gasteiger partial charge in [0.1, 0.15) is 5.82 Å². The average Bonchev–Trinajstić information content (AvgIpc) is 2.43. The monoisotopic (exact) mass is 281 g/mol. The van der Waals surface area contributed by atoms with E-state index in [1.54, 1.807) is 13.8 Å². The molecule has 0 saturated carbocycles. The highest BCUT2D eigenvalue weighted by Crippen LogP contribution is 2.30. The van der Waals surface area contributed by atoms with Crippen LogP contribution in [0.3, 0.4) is 0 Å². The third-order valence-electron chi connectivity index (χ3n) is 4.11. The van der Waals surface area contributed by atoms with Gasteiger partial charge in [-0.05, 0) is 44.4 Å². The first-order valence-electron chi connectivity index (χ1n) is 7.67. The fourth-order valence-corrected chi connectivity index (χ4v) is 2.55. The van der Waals surface area contributed by atoms with E-state index in [0.717, 1.165) is 31.6 Å². The lowest BCUT2D eigenvalue weighted by atomic mass is 10.00. The van der Waals surface area contributed by atoms with E-state index in [4.69, 9.17) is 0 Å². The maximum absolute atomic E-state index is 13.8. The van der Waals surface area contributed by atoms with Crippen molar-refractivity contribution in [3.05, 3.63) is 29.1 Å². The fraction of sp³-hybridized carbons (Fsp3) is 0.647. The lowest BCUT2D eigenvalue weighted by Gasteiger charge is -2.30. The van der Waals surface area contributed by atoms with Gasteiger partial charge in [0, 0.05) is 24.3 Å². The van der Waals surface area contributed by atoms with E-state index in [1.807, 2.05) is 6.07 Å². The molecule has 0 saturated heterocycles. The molecule has 2 nitrogen and oxygen atoms in total. The lowest BCUT2D eigenvalue weighted by Crippen LogP contribution is -2.30. The Bertz CT molecular complexity index is 427. The minimum Gasteiger partial charge on any atom is -0.389 e. The number of aryl methyl sites for hydroxylation is 1. The SMILES string of the molecule is CCC(CC)CN(CC)c1cc(C)c(F)cc1[C@@H](C)O. The summed E-state index contributed by atoms with van der Waals surface area (Å²) in [5.74, 6) is 0.380. The number of hydrogen-bond donors (Lipinski definition) is 1. The topological polar surface area (TPSA) is 23.5 Å². The zero-order valence-corrected chi connectivity index (χ0v) is 13.4. The predicted molar refractivity (Wildman–Crippen MR) is 83.7 cm³/mol. The molecular formula is C17H28FNO. The van der Waals surface area contributed by atoms with Crippen LogP contribution in [-0.2, 0) is 0 Å². The second-order valence-electron chi connectivity index (χ2n) is 5.56. The Hall–Kier alpha value is -1.09. The third kappa shape index (κ3) is 3.95. The first-order chi connectivity index (χ1) is 9.44. The molecule has 1 rings (SSSR count). The van der Waals surface area contributed by atoms with Crippen molar-refractivity contribution in [2.75, 3.05) is 18.0 Å². The Labute approximate surface area is 122 Å². The van der Waals surface area contributed by atoms with Crippen LogP contribution in [0.1, 0.15) is 57.8 Å². The van der Waals surface area contributed by atoms with Crippen molar-refractivity contribution in [1.29, 1.82) is 0 Å². The number of hydrogen-bond acceptors (Lipinski definition) is 2. The van der Waals surface area contributed by atoms with Gasteiger partial charge in [-0.3, -0.25) is 0 Å². The maximum Gasteiger partial charge on any atom is 0.126 e. The molecule has 20 heavy (non-hydrogen) atoms. The fourth-order valence-electron chi connectivity index (χ4n) is 2.55. The molecule has 0 heterocycles.